The molecule has 0 saturated heterocycles. The molecule has 1 aliphatic rings. The van der Waals surface area contributed by atoms with Gasteiger partial charge in [0.25, 0.3) is 0 Å². The van der Waals surface area contributed by atoms with Crippen molar-refractivity contribution in [1.82, 2.24) is 0 Å². The lowest BCUT2D eigenvalue weighted by atomic mass is 9.85. The van der Waals surface area contributed by atoms with Crippen LogP contribution in [0, 0.1) is 11.8 Å². The lowest BCUT2D eigenvalue weighted by Gasteiger charge is -2.26. The van der Waals surface area contributed by atoms with Crippen molar-refractivity contribution < 1.29 is 4.74 Å². The second-order valence-electron chi connectivity index (χ2n) is 3.93. The van der Waals surface area contributed by atoms with Crippen LogP contribution in [0.15, 0.2) is 24.0 Å². The minimum absolute atomic E-state index is 0.540. The molecule has 0 aliphatic heterocycles. The lowest BCUT2D eigenvalue weighted by molar-refractivity contribution is 0.179. The number of hydrogen-bond acceptors (Lipinski definition) is 1. The van der Waals surface area contributed by atoms with Crippen molar-refractivity contribution in [2.75, 3.05) is 6.61 Å². The Bertz CT molecular complexity index is 215. The van der Waals surface area contributed by atoms with Crippen LogP contribution in [-0.2, 0) is 4.74 Å². The van der Waals surface area contributed by atoms with Gasteiger partial charge in [-0.2, -0.15) is 0 Å². The monoisotopic (exact) mass is 180 g/mol. The fourth-order valence-electron chi connectivity index (χ4n) is 1.76. The van der Waals surface area contributed by atoms with Gasteiger partial charge in [-0.15, -0.1) is 0 Å². The van der Waals surface area contributed by atoms with Gasteiger partial charge in [0.05, 0.1) is 12.4 Å². The number of allylic oxidation sites excluding steroid dienone is 3. The van der Waals surface area contributed by atoms with Gasteiger partial charge < -0.3 is 4.74 Å². The standard InChI is InChI=1S/C12H20O/c1-5-13-12-8-11(9(2)3)7-6-10(12)4/h8,10-11H,2,5-7H2,1,3-4H3. The zero-order valence-electron chi connectivity index (χ0n) is 8.97. The van der Waals surface area contributed by atoms with Crippen molar-refractivity contribution in [3.63, 3.8) is 0 Å². The third-order valence-electron chi connectivity index (χ3n) is 2.71. The molecular formula is C12H20O. The SMILES string of the molecule is C=C(C)C1C=C(OCC)C(C)CC1. The Morgan fingerprint density at radius 2 is 2.31 bits per heavy atom. The van der Waals surface area contributed by atoms with Crippen LogP contribution in [0.5, 0.6) is 0 Å². The van der Waals surface area contributed by atoms with Crippen molar-refractivity contribution >= 4 is 0 Å². The predicted octanol–water partition coefficient (Wildman–Crippen LogP) is 3.53. The lowest BCUT2D eigenvalue weighted by Crippen LogP contribution is -2.14. The van der Waals surface area contributed by atoms with Gasteiger partial charge in [-0.05, 0) is 32.8 Å². The van der Waals surface area contributed by atoms with Gasteiger partial charge in [-0.1, -0.05) is 19.1 Å². The number of ether oxygens (including phenoxy) is 1. The smallest absolute Gasteiger partial charge is 0.0953 e. The second kappa shape index (κ2) is 4.50. The third kappa shape index (κ3) is 2.61. The molecule has 2 atom stereocenters. The zero-order valence-corrected chi connectivity index (χ0v) is 8.97. The normalized spacial score (nSPS) is 28.1. The minimum Gasteiger partial charge on any atom is -0.498 e. The molecule has 0 amide bonds. The van der Waals surface area contributed by atoms with Crippen LogP contribution < -0.4 is 0 Å². The van der Waals surface area contributed by atoms with Gasteiger partial charge in [-0.3, -0.25) is 0 Å². The summed E-state index contributed by atoms with van der Waals surface area (Å²) in [7, 11) is 0. The molecule has 0 heterocycles. The molecule has 74 valence electrons. The molecule has 2 unspecified atom stereocenters. The Hall–Kier alpha value is -0.720. The summed E-state index contributed by atoms with van der Waals surface area (Å²) in [5.41, 5.74) is 1.25. The van der Waals surface area contributed by atoms with Crippen molar-refractivity contribution in [3.05, 3.63) is 24.0 Å². The van der Waals surface area contributed by atoms with Crippen LogP contribution in [0.1, 0.15) is 33.6 Å². The average molecular weight is 180 g/mol. The zero-order chi connectivity index (χ0) is 9.84. The van der Waals surface area contributed by atoms with Gasteiger partial charge in [0.1, 0.15) is 0 Å². The predicted molar refractivity (Wildman–Crippen MR) is 56.4 cm³/mol. The van der Waals surface area contributed by atoms with E-state index in [4.69, 9.17) is 4.74 Å². The Balaban J connectivity index is 2.69. The summed E-state index contributed by atoms with van der Waals surface area (Å²) in [5.74, 6) is 2.30. The van der Waals surface area contributed by atoms with Crippen LogP contribution in [0.4, 0.5) is 0 Å². The fraction of sp³-hybridized carbons (Fsp3) is 0.667. The van der Waals surface area contributed by atoms with E-state index in [-0.39, 0.29) is 0 Å². The third-order valence-corrected chi connectivity index (χ3v) is 2.71. The summed E-state index contributed by atoms with van der Waals surface area (Å²) < 4.78 is 5.60. The summed E-state index contributed by atoms with van der Waals surface area (Å²) in [6.45, 7) is 11.1. The van der Waals surface area contributed by atoms with Crippen LogP contribution >= 0.6 is 0 Å². The molecule has 0 saturated carbocycles. The molecule has 0 N–H and O–H groups in total. The first-order chi connectivity index (χ1) is 6.15. The molecule has 0 aromatic carbocycles. The maximum absolute atomic E-state index is 5.60. The van der Waals surface area contributed by atoms with E-state index < -0.39 is 0 Å². The van der Waals surface area contributed by atoms with Gasteiger partial charge in [0.2, 0.25) is 0 Å². The molecule has 13 heavy (non-hydrogen) atoms. The highest BCUT2D eigenvalue weighted by atomic mass is 16.5. The highest BCUT2D eigenvalue weighted by molar-refractivity contribution is 5.14. The summed E-state index contributed by atoms with van der Waals surface area (Å²) in [5, 5.41) is 0. The van der Waals surface area contributed by atoms with E-state index in [1.807, 2.05) is 6.92 Å². The maximum Gasteiger partial charge on any atom is 0.0953 e. The van der Waals surface area contributed by atoms with Crippen LogP contribution in [-0.4, -0.2) is 6.61 Å². The number of hydrogen-bond donors (Lipinski definition) is 0. The van der Waals surface area contributed by atoms with E-state index in [2.05, 4.69) is 26.5 Å². The highest BCUT2D eigenvalue weighted by Gasteiger charge is 2.20. The average Bonchev–Trinajstić information content (AvgIpc) is 2.08. The summed E-state index contributed by atoms with van der Waals surface area (Å²) in [6.07, 6.45) is 4.70. The molecule has 0 aromatic rings. The molecule has 1 heteroatoms. The first kappa shape index (κ1) is 10.4. The van der Waals surface area contributed by atoms with Crippen molar-refractivity contribution in [1.29, 1.82) is 0 Å². The molecular weight excluding hydrogens is 160 g/mol. The van der Waals surface area contributed by atoms with E-state index in [1.54, 1.807) is 0 Å². The molecule has 0 bridgehead atoms. The van der Waals surface area contributed by atoms with Gasteiger partial charge >= 0.3 is 0 Å². The fourth-order valence-corrected chi connectivity index (χ4v) is 1.76. The van der Waals surface area contributed by atoms with Crippen molar-refractivity contribution in [2.45, 2.75) is 33.6 Å². The van der Waals surface area contributed by atoms with Crippen LogP contribution in [0.3, 0.4) is 0 Å². The molecule has 0 fully saturated rings. The Morgan fingerprint density at radius 3 is 2.85 bits per heavy atom. The first-order valence-electron chi connectivity index (χ1n) is 5.15. The summed E-state index contributed by atoms with van der Waals surface area (Å²) in [4.78, 5) is 0. The van der Waals surface area contributed by atoms with E-state index in [0.717, 1.165) is 6.61 Å². The Morgan fingerprint density at radius 1 is 1.62 bits per heavy atom. The first-order valence-corrected chi connectivity index (χ1v) is 5.15. The quantitative estimate of drug-likeness (QED) is 0.604. The van der Waals surface area contributed by atoms with Gasteiger partial charge in [0.15, 0.2) is 0 Å². The van der Waals surface area contributed by atoms with E-state index in [9.17, 15) is 0 Å². The largest absolute Gasteiger partial charge is 0.498 e. The van der Waals surface area contributed by atoms with E-state index >= 15 is 0 Å². The van der Waals surface area contributed by atoms with E-state index in [1.165, 1.54) is 24.2 Å². The van der Waals surface area contributed by atoms with Gasteiger partial charge in [0, 0.05) is 11.8 Å². The summed E-state index contributed by atoms with van der Waals surface area (Å²) in [6, 6.07) is 0. The van der Waals surface area contributed by atoms with E-state index in [0.29, 0.717) is 11.8 Å². The minimum atomic E-state index is 0.540. The van der Waals surface area contributed by atoms with Crippen LogP contribution in [0.25, 0.3) is 0 Å². The van der Waals surface area contributed by atoms with Crippen molar-refractivity contribution in [3.8, 4) is 0 Å². The topological polar surface area (TPSA) is 9.23 Å². The Kier molecular flexibility index (Phi) is 3.58. The molecule has 1 rings (SSSR count). The van der Waals surface area contributed by atoms with Crippen molar-refractivity contribution in [2.24, 2.45) is 11.8 Å². The number of rotatable bonds is 3. The van der Waals surface area contributed by atoms with Gasteiger partial charge in [-0.25, -0.2) is 0 Å². The second-order valence-corrected chi connectivity index (χ2v) is 3.93. The molecule has 0 radical (unpaired) electrons. The highest BCUT2D eigenvalue weighted by Crippen LogP contribution is 2.31. The summed E-state index contributed by atoms with van der Waals surface area (Å²) >= 11 is 0. The maximum atomic E-state index is 5.60. The molecule has 1 aliphatic carbocycles. The van der Waals surface area contributed by atoms with Crippen LogP contribution in [0.2, 0.25) is 0 Å². The Labute approximate surface area is 81.5 Å². The molecule has 1 nitrogen and oxygen atoms in total. The molecule has 0 spiro atoms. The molecule has 0 aromatic heterocycles.